The van der Waals surface area contributed by atoms with E-state index in [2.05, 4.69) is 13.8 Å². The van der Waals surface area contributed by atoms with Crippen molar-refractivity contribution in [2.45, 2.75) is 46.0 Å². The van der Waals surface area contributed by atoms with Crippen LogP contribution in [0.1, 0.15) is 46.0 Å². The van der Waals surface area contributed by atoms with Crippen molar-refractivity contribution in [2.24, 2.45) is 0 Å². The van der Waals surface area contributed by atoms with Gasteiger partial charge in [-0.05, 0) is 12.8 Å². The number of ether oxygens (including phenoxy) is 6. The minimum atomic E-state index is 0.0359. The van der Waals surface area contributed by atoms with Crippen LogP contribution in [0.25, 0.3) is 0 Å². The summed E-state index contributed by atoms with van der Waals surface area (Å²) in [5.41, 5.74) is 0. The van der Waals surface area contributed by atoms with Gasteiger partial charge in [-0.25, -0.2) is 0 Å². The third-order valence-corrected chi connectivity index (χ3v) is 3.49. The lowest BCUT2D eigenvalue weighted by Gasteiger charge is -2.07. The molecule has 0 aromatic rings. The highest BCUT2D eigenvalue weighted by atomic mass is 16.6. The summed E-state index contributed by atoms with van der Waals surface area (Å²) in [6.07, 6.45) is 6.30. The summed E-state index contributed by atoms with van der Waals surface area (Å²) in [6, 6.07) is 0. The highest BCUT2D eigenvalue weighted by Gasteiger charge is 1.93. The number of hydrogen-bond acceptors (Lipinski definition) is 8. The van der Waals surface area contributed by atoms with E-state index >= 15 is 0 Å². The van der Waals surface area contributed by atoms with E-state index < -0.39 is 0 Å². The molecule has 178 valence electrons. The predicted octanol–water partition coefficient (Wildman–Crippen LogP) is 2.05. The van der Waals surface area contributed by atoms with Gasteiger partial charge in [-0.15, -0.1) is 0 Å². The van der Waals surface area contributed by atoms with Gasteiger partial charge < -0.3 is 38.6 Å². The van der Waals surface area contributed by atoms with Gasteiger partial charge in [0.1, 0.15) is 0 Å². The van der Waals surface area contributed by atoms with Crippen LogP contribution < -0.4 is 0 Å². The molecule has 0 unspecified atom stereocenters. The van der Waals surface area contributed by atoms with Crippen molar-refractivity contribution in [1.82, 2.24) is 0 Å². The van der Waals surface area contributed by atoms with Crippen molar-refractivity contribution in [3.63, 3.8) is 0 Å². The fraction of sp³-hybridized carbons (Fsp3) is 1.00. The van der Waals surface area contributed by atoms with Crippen LogP contribution in [0, 0.1) is 0 Å². The van der Waals surface area contributed by atoms with Crippen molar-refractivity contribution in [1.29, 1.82) is 0 Å². The first-order chi connectivity index (χ1) is 14.3. The van der Waals surface area contributed by atoms with Crippen LogP contribution in [0.4, 0.5) is 0 Å². The Kier molecular flexibility index (Phi) is 34.4. The molecule has 0 saturated carbocycles. The van der Waals surface area contributed by atoms with Gasteiger partial charge in [0.05, 0.1) is 79.3 Å². The van der Waals surface area contributed by atoms with Gasteiger partial charge in [-0.3, -0.25) is 0 Å². The molecular formula is C21H46O8. The Balaban J connectivity index is 0. The second-order valence-corrected chi connectivity index (χ2v) is 6.18. The Labute approximate surface area is 177 Å². The Morgan fingerprint density at radius 3 is 1.03 bits per heavy atom. The zero-order valence-corrected chi connectivity index (χ0v) is 18.8. The zero-order chi connectivity index (χ0) is 21.7. The summed E-state index contributed by atoms with van der Waals surface area (Å²) in [5.74, 6) is 0. The lowest BCUT2D eigenvalue weighted by molar-refractivity contribution is -0.0151. The number of aliphatic hydroxyl groups is 2. The molecule has 0 amide bonds. The quantitative estimate of drug-likeness (QED) is 0.240. The molecule has 0 bridgehead atoms. The molecule has 2 N–H and O–H groups in total. The third kappa shape index (κ3) is 35.5. The fourth-order valence-corrected chi connectivity index (χ4v) is 1.91. The first-order valence-electron chi connectivity index (χ1n) is 11.0. The number of unbranched alkanes of at least 4 members (excludes halogenated alkanes) is 3. The Hall–Kier alpha value is -0.320. The molecule has 0 aromatic carbocycles. The highest BCUT2D eigenvalue weighted by Crippen LogP contribution is 1.95. The molecule has 0 spiro atoms. The van der Waals surface area contributed by atoms with Crippen molar-refractivity contribution < 1.29 is 38.6 Å². The van der Waals surface area contributed by atoms with Crippen LogP contribution in [0.2, 0.25) is 0 Å². The van der Waals surface area contributed by atoms with E-state index in [-0.39, 0.29) is 13.2 Å². The van der Waals surface area contributed by atoms with Crippen molar-refractivity contribution in [3.05, 3.63) is 0 Å². The molecule has 0 heterocycles. The van der Waals surface area contributed by atoms with E-state index in [0.29, 0.717) is 66.1 Å². The molecule has 0 rings (SSSR count). The summed E-state index contributed by atoms with van der Waals surface area (Å²) >= 11 is 0. The summed E-state index contributed by atoms with van der Waals surface area (Å²) in [6.45, 7) is 11.1. The maximum atomic E-state index is 8.45. The molecule has 0 aliphatic rings. The summed E-state index contributed by atoms with van der Waals surface area (Å²) < 4.78 is 31.2. The maximum absolute atomic E-state index is 8.45. The molecule has 0 aromatic heterocycles. The van der Waals surface area contributed by atoms with Gasteiger partial charge in [0.15, 0.2) is 0 Å². The normalized spacial score (nSPS) is 10.8. The average molecular weight is 427 g/mol. The van der Waals surface area contributed by atoms with Crippen LogP contribution in [-0.2, 0) is 28.4 Å². The minimum absolute atomic E-state index is 0.0359. The monoisotopic (exact) mass is 426 g/mol. The number of aliphatic hydroxyl groups excluding tert-OH is 2. The molecule has 0 atom stereocenters. The molecule has 8 heteroatoms. The van der Waals surface area contributed by atoms with E-state index in [4.69, 9.17) is 38.6 Å². The third-order valence-electron chi connectivity index (χ3n) is 3.49. The molecule has 0 saturated heterocycles. The average Bonchev–Trinajstić information content (AvgIpc) is 2.74. The minimum Gasteiger partial charge on any atom is -0.394 e. The first kappa shape index (κ1) is 30.9. The lowest BCUT2D eigenvalue weighted by Crippen LogP contribution is -2.14. The van der Waals surface area contributed by atoms with E-state index in [0.717, 1.165) is 13.2 Å². The lowest BCUT2D eigenvalue weighted by atomic mass is 10.3. The van der Waals surface area contributed by atoms with Crippen LogP contribution >= 0.6 is 0 Å². The second kappa shape index (κ2) is 32.3. The van der Waals surface area contributed by atoms with E-state index in [1.807, 2.05) is 0 Å². The highest BCUT2D eigenvalue weighted by molar-refractivity contribution is 4.37. The van der Waals surface area contributed by atoms with Gasteiger partial charge in [0.2, 0.25) is 0 Å². The molecule has 29 heavy (non-hydrogen) atoms. The molecule has 0 radical (unpaired) electrons. The standard InChI is InChI=1S/C12H26O7.C9H20O/c13-1-3-15-5-7-17-9-11-19-12-10-18-8-6-16-4-2-14;1-3-5-7-9-10-8-6-4-2/h13-14H,1-12H2;3-9H2,1-2H3. The van der Waals surface area contributed by atoms with Crippen LogP contribution in [0.5, 0.6) is 0 Å². The van der Waals surface area contributed by atoms with Crippen LogP contribution in [0.15, 0.2) is 0 Å². The van der Waals surface area contributed by atoms with Crippen LogP contribution in [0.3, 0.4) is 0 Å². The topological polar surface area (TPSA) is 95.8 Å². The largest absolute Gasteiger partial charge is 0.394 e. The zero-order valence-electron chi connectivity index (χ0n) is 18.8. The van der Waals surface area contributed by atoms with E-state index in [1.54, 1.807) is 0 Å². The number of hydrogen-bond donors (Lipinski definition) is 2. The van der Waals surface area contributed by atoms with Gasteiger partial charge >= 0.3 is 0 Å². The van der Waals surface area contributed by atoms with Gasteiger partial charge in [-0.1, -0.05) is 33.1 Å². The van der Waals surface area contributed by atoms with Crippen molar-refractivity contribution >= 4 is 0 Å². The Morgan fingerprint density at radius 1 is 0.379 bits per heavy atom. The predicted molar refractivity (Wildman–Crippen MR) is 114 cm³/mol. The maximum Gasteiger partial charge on any atom is 0.0701 e. The molecule has 0 aliphatic heterocycles. The van der Waals surface area contributed by atoms with Crippen molar-refractivity contribution in [3.8, 4) is 0 Å². The molecule has 0 aliphatic carbocycles. The van der Waals surface area contributed by atoms with Crippen molar-refractivity contribution in [2.75, 3.05) is 92.5 Å². The molecular weight excluding hydrogens is 380 g/mol. The SMILES string of the molecule is CCCCCOCCCC.OCCOCCOCCOCCOCCOCCO. The smallest absolute Gasteiger partial charge is 0.0701 e. The van der Waals surface area contributed by atoms with Gasteiger partial charge in [-0.2, -0.15) is 0 Å². The summed E-state index contributed by atoms with van der Waals surface area (Å²) in [4.78, 5) is 0. The summed E-state index contributed by atoms with van der Waals surface area (Å²) in [5, 5.41) is 16.9. The number of rotatable bonds is 23. The van der Waals surface area contributed by atoms with Crippen LogP contribution in [-0.4, -0.2) is 103 Å². The van der Waals surface area contributed by atoms with E-state index in [1.165, 1.54) is 32.1 Å². The van der Waals surface area contributed by atoms with Gasteiger partial charge in [0.25, 0.3) is 0 Å². The fourth-order valence-electron chi connectivity index (χ4n) is 1.91. The second-order valence-electron chi connectivity index (χ2n) is 6.18. The Bertz CT molecular complexity index is 233. The van der Waals surface area contributed by atoms with E-state index in [9.17, 15) is 0 Å². The first-order valence-corrected chi connectivity index (χ1v) is 11.0. The summed E-state index contributed by atoms with van der Waals surface area (Å²) in [7, 11) is 0. The Morgan fingerprint density at radius 2 is 0.690 bits per heavy atom. The molecule has 8 nitrogen and oxygen atoms in total. The van der Waals surface area contributed by atoms with Gasteiger partial charge in [0, 0.05) is 13.2 Å². The molecule has 0 fully saturated rings.